The predicted molar refractivity (Wildman–Crippen MR) is 68.5 cm³/mol. The molecule has 0 aliphatic carbocycles. The minimum Gasteiger partial charge on any atom is -0.302 e. The molecule has 2 aromatic heterocycles. The molecule has 3 nitrogen and oxygen atoms in total. The number of halogens is 1. The largest absolute Gasteiger partial charge is 0.302 e. The lowest BCUT2D eigenvalue weighted by atomic mass is 10.3. The molecule has 1 amide bonds. The van der Waals surface area contributed by atoms with E-state index < -0.39 is 0 Å². The van der Waals surface area contributed by atoms with Crippen molar-refractivity contribution in [2.75, 3.05) is 5.32 Å². The Hall–Kier alpha value is -0.910. The number of hydrogen-bond donors (Lipinski definition) is 1. The maximum atomic E-state index is 11.6. The molecule has 0 spiro atoms. The Bertz CT molecular complexity index is 462. The summed E-state index contributed by atoms with van der Waals surface area (Å²) in [5.74, 6) is -0.0622. The predicted octanol–water partition coefficient (Wildman–Crippen LogP) is 3.35. The molecule has 1 N–H and O–H groups in total. The number of hydrogen-bond acceptors (Lipinski definition) is 4. The first-order chi connectivity index (χ1) is 7.63. The van der Waals surface area contributed by atoms with Crippen molar-refractivity contribution in [3.63, 3.8) is 0 Å². The van der Waals surface area contributed by atoms with Crippen molar-refractivity contribution >= 4 is 45.3 Å². The minimum absolute atomic E-state index is 0.0622. The van der Waals surface area contributed by atoms with Crippen LogP contribution in [0, 0.1) is 6.92 Å². The Morgan fingerprint density at radius 2 is 2.38 bits per heavy atom. The van der Waals surface area contributed by atoms with Crippen molar-refractivity contribution < 1.29 is 4.79 Å². The summed E-state index contributed by atoms with van der Waals surface area (Å²) >= 11 is 8.63. The first-order valence-corrected chi connectivity index (χ1v) is 6.67. The van der Waals surface area contributed by atoms with E-state index in [1.807, 2.05) is 18.4 Å². The molecule has 0 aromatic carbocycles. The lowest BCUT2D eigenvalue weighted by Crippen LogP contribution is -2.13. The summed E-state index contributed by atoms with van der Waals surface area (Å²) in [6, 6.07) is 3.65. The second-order valence-electron chi connectivity index (χ2n) is 3.22. The molecule has 0 atom stereocenters. The number of thiophene rings is 1. The molecule has 2 heterocycles. The number of carbonyl (C=O) groups is 1. The lowest BCUT2D eigenvalue weighted by Gasteiger charge is -1.98. The Labute approximate surface area is 106 Å². The van der Waals surface area contributed by atoms with Gasteiger partial charge in [-0.3, -0.25) is 4.79 Å². The van der Waals surface area contributed by atoms with Gasteiger partial charge in [-0.15, -0.1) is 22.7 Å². The summed E-state index contributed by atoms with van der Waals surface area (Å²) in [7, 11) is 0. The zero-order valence-corrected chi connectivity index (χ0v) is 10.9. The van der Waals surface area contributed by atoms with Gasteiger partial charge < -0.3 is 5.32 Å². The van der Waals surface area contributed by atoms with Crippen LogP contribution in [0.4, 0.5) is 5.13 Å². The topological polar surface area (TPSA) is 42.0 Å². The number of nitrogens with one attached hydrogen (secondary N) is 1. The van der Waals surface area contributed by atoms with E-state index in [2.05, 4.69) is 10.3 Å². The third-order valence-electron chi connectivity index (χ3n) is 1.83. The Kier molecular flexibility index (Phi) is 3.58. The van der Waals surface area contributed by atoms with Gasteiger partial charge >= 0.3 is 0 Å². The second-order valence-corrected chi connectivity index (χ2v) is 5.88. The molecule has 6 heteroatoms. The van der Waals surface area contributed by atoms with Gasteiger partial charge in [-0.05, 0) is 19.1 Å². The number of amides is 1. The van der Waals surface area contributed by atoms with Crippen LogP contribution in [0.25, 0.3) is 0 Å². The van der Waals surface area contributed by atoms with Crippen molar-refractivity contribution in [2.45, 2.75) is 13.3 Å². The molecular weight excluding hydrogens is 264 g/mol. The fourth-order valence-electron chi connectivity index (χ4n) is 1.18. The second kappa shape index (κ2) is 4.95. The average molecular weight is 273 g/mol. The number of nitrogens with zero attached hydrogens (tertiary/aromatic N) is 1. The van der Waals surface area contributed by atoms with Crippen LogP contribution >= 0.6 is 34.3 Å². The Balaban J connectivity index is 1.94. The first-order valence-electron chi connectivity index (χ1n) is 4.59. The normalized spacial score (nSPS) is 10.4. The van der Waals surface area contributed by atoms with Gasteiger partial charge in [0.2, 0.25) is 5.91 Å². The SMILES string of the molecule is Cc1csc(NC(=O)Cc2ccc(Cl)s2)n1. The maximum Gasteiger partial charge on any atom is 0.231 e. The van der Waals surface area contributed by atoms with Crippen molar-refractivity contribution in [3.05, 3.63) is 32.4 Å². The molecule has 0 aliphatic heterocycles. The van der Waals surface area contributed by atoms with Crippen LogP contribution in [0.3, 0.4) is 0 Å². The lowest BCUT2D eigenvalue weighted by molar-refractivity contribution is -0.115. The van der Waals surface area contributed by atoms with Gasteiger partial charge in [-0.25, -0.2) is 4.98 Å². The maximum absolute atomic E-state index is 11.6. The zero-order chi connectivity index (χ0) is 11.5. The summed E-state index contributed by atoms with van der Waals surface area (Å²) in [5.41, 5.74) is 0.916. The minimum atomic E-state index is -0.0622. The Morgan fingerprint density at radius 3 is 2.94 bits per heavy atom. The summed E-state index contributed by atoms with van der Waals surface area (Å²) in [5, 5.41) is 5.30. The van der Waals surface area contributed by atoms with Crippen LogP contribution < -0.4 is 5.32 Å². The van der Waals surface area contributed by atoms with E-state index in [4.69, 9.17) is 11.6 Å². The molecule has 0 saturated carbocycles. The van der Waals surface area contributed by atoms with Crippen LogP contribution in [-0.4, -0.2) is 10.9 Å². The van der Waals surface area contributed by atoms with Gasteiger partial charge in [0, 0.05) is 10.3 Å². The number of rotatable bonds is 3. The third-order valence-corrected chi connectivity index (χ3v) is 3.94. The summed E-state index contributed by atoms with van der Waals surface area (Å²) in [6.07, 6.45) is 0.343. The smallest absolute Gasteiger partial charge is 0.231 e. The van der Waals surface area contributed by atoms with Gasteiger partial charge in [0.15, 0.2) is 5.13 Å². The summed E-state index contributed by atoms with van der Waals surface area (Å²) < 4.78 is 0.702. The van der Waals surface area contributed by atoms with Crippen molar-refractivity contribution in [1.29, 1.82) is 0 Å². The van der Waals surface area contributed by atoms with E-state index in [0.717, 1.165) is 10.6 Å². The number of anilines is 1. The van der Waals surface area contributed by atoms with E-state index in [1.165, 1.54) is 22.7 Å². The highest BCUT2D eigenvalue weighted by Crippen LogP contribution is 2.22. The number of carbonyl (C=O) groups excluding carboxylic acids is 1. The van der Waals surface area contributed by atoms with Crippen molar-refractivity contribution in [2.24, 2.45) is 0 Å². The monoisotopic (exact) mass is 272 g/mol. The highest BCUT2D eigenvalue weighted by Gasteiger charge is 2.08. The number of aromatic nitrogens is 1. The van der Waals surface area contributed by atoms with E-state index in [0.29, 0.717) is 15.9 Å². The van der Waals surface area contributed by atoms with Gasteiger partial charge in [0.25, 0.3) is 0 Å². The van der Waals surface area contributed by atoms with E-state index in [9.17, 15) is 4.79 Å². The molecule has 16 heavy (non-hydrogen) atoms. The zero-order valence-electron chi connectivity index (χ0n) is 8.49. The fraction of sp³-hybridized carbons (Fsp3) is 0.200. The molecule has 2 rings (SSSR count). The van der Waals surface area contributed by atoms with Gasteiger partial charge in [0.05, 0.1) is 16.5 Å². The van der Waals surface area contributed by atoms with Crippen molar-refractivity contribution in [3.8, 4) is 0 Å². The third kappa shape index (κ3) is 3.04. The summed E-state index contributed by atoms with van der Waals surface area (Å²) in [6.45, 7) is 1.89. The standard InChI is InChI=1S/C10H9ClN2OS2/c1-6-5-15-10(12-6)13-9(14)4-7-2-3-8(11)16-7/h2-3,5H,4H2,1H3,(H,12,13,14). The van der Waals surface area contributed by atoms with E-state index in [1.54, 1.807) is 6.07 Å². The molecule has 0 aliphatic rings. The van der Waals surface area contributed by atoms with Crippen LogP contribution in [0.15, 0.2) is 17.5 Å². The van der Waals surface area contributed by atoms with Gasteiger partial charge in [-0.1, -0.05) is 11.6 Å². The quantitative estimate of drug-likeness (QED) is 0.931. The molecule has 0 unspecified atom stereocenters. The van der Waals surface area contributed by atoms with Crippen molar-refractivity contribution in [1.82, 2.24) is 4.98 Å². The fourth-order valence-corrected chi connectivity index (χ4v) is 2.97. The average Bonchev–Trinajstić information content (AvgIpc) is 2.76. The van der Waals surface area contributed by atoms with Crippen LogP contribution in [0.5, 0.6) is 0 Å². The van der Waals surface area contributed by atoms with Gasteiger partial charge in [-0.2, -0.15) is 0 Å². The molecule has 0 bridgehead atoms. The van der Waals surface area contributed by atoms with E-state index >= 15 is 0 Å². The number of aryl methyl sites for hydroxylation is 1. The molecule has 0 fully saturated rings. The highest BCUT2D eigenvalue weighted by atomic mass is 35.5. The molecule has 2 aromatic rings. The molecule has 84 valence electrons. The Morgan fingerprint density at radius 1 is 1.56 bits per heavy atom. The van der Waals surface area contributed by atoms with Crippen LogP contribution in [0.2, 0.25) is 4.34 Å². The molecular formula is C10H9ClN2OS2. The van der Waals surface area contributed by atoms with E-state index in [-0.39, 0.29) is 5.91 Å². The van der Waals surface area contributed by atoms with Gasteiger partial charge in [0.1, 0.15) is 0 Å². The highest BCUT2D eigenvalue weighted by molar-refractivity contribution is 7.16. The molecule has 0 radical (unpaired) electrons. The number of thiazole rings is 1. The first kappa shape index (κ1) is 11.6. The van der Waals surface area contributed by atoms with Crippen LogP contribution in [-0.2, 0) is 11.2 Å². The molecule has 0 saturated heterocycles. The summed E-state index contributed by atoms with van der Waals surface area (Å²) in [4.78, 5) is 16.7. The van der Waals surface area contributed by atoms with Crippen LogP contribution in [0.1, 0.15) is 10.6 Å².